The summed E-state index contributed by atoms with van der Waals surface area (Å²) in [4.78, 5) is 8.73. The van der Waals surface area contributed by atoms with Crippen molar-refractivity contribution in [3.63, 3.8) is 0 Å². The molecule has 1 N–H and O–H groups in total. The first-order chi connectivity index (χ1) is 11.6. The fourth-order valence-electron chi connectivity index (χ4n) is 3.04. The van der Waals surface area contributed by atoms with Crippen LogP contribution in [-0.4, -0.2) is 22.6 Å². The van der Waals surface area contributed by atoms with Crippen LogP contribution in [0.3, 0.4) is 0 Å². The van der Waals surface area contributed by atoms with E-state index in [0.717, 1.165) is 18.8 Å². The predicted octanol–water partition coefficient (Wildman–Crippen LogP) is 4.74. The van der Waals surface area contributed by atoms with Crippen molar-refractivity contribution in [3.05, 3.63) is 36.5 Å². The second-order valence-corrected chi connectivity index (χ2v) is 6.24. The minimum atomic E-state index is -2.87. The zero-order valence-corrected chi connectivity index (χ0v) is 13.6. The SMILES string of the molecule is CC1CCC(Nc2nccc(-c3ccccc3OC(F)F)n2)CC1. The lowest BCUT2D eigenvalue weighted by atomic mass is 9.87. The molecule has 1 aliphatic rings. The molecule has 0 radical (unpaired) electrons. The Morgan fingerprint density at radius 1 is 1.12 bits per heavy atom. The first-order valence-electron chi connectivity index (χ1n) is 8.25. The monoisotopic (exact) mass is 333 g/mol. The smallest absolute Gasteiger partial charge is 0.387 e. The Labute approximate surface area is 140 Å². The number of halogens is 2. The molecule has 1 aromatic carbocycles. The average Bonchev–Trinajstić information content (AvgIpc) is 2.57. The summed E-state index contributed by atoms with van der Waals surface area (Å²) in [6.45, 7) is -0.595. The number of hydrogen-bond donors (Lipinski definition) is 1. The molecule has 0 aliphatic heterocycles. The van der Waals surface area contributed by atoms with Gasteiger partial charge in [-0.25, -0.2) is 9.97 Å². The van der Waals surface area contributed by atoms with Crippen LogP contribution in [-0.2, 0) is 0 Å². The number of nitrogens with one attached hydrogen (secondary N) is 1. The fraction of sp³-hybridized carbons (Fsp3) is 0.444. The highest BCUT2D eigenvalue weighted by Crippen LogP contribution is 2.30. The summed E-state index contributed by atoms with van der Waals surface area (Å²) in [6.07, 6.45) is 6.22. The number of aromatic nitrogens is 2. The minimum Gasteiger partial charge on any atom is -0.434 e. The zero-order chi connectivity index (χ0) is 16.9. The van der Waals surface area contributed by atoms with E-state index in [0.29, 0.717) is 23.2 Å². The minimum absolute atomic E-state index is 0.114. The molecular weight excluding hydrogens is 312 g/mol. The molecule has 24 heavy (non-hydrogen) atoms. The van der Waals surface area contributed by atoms with Gasteiger partial charge in [-0.05, 0) is 49.8 Å². The van der Waals surface area contributed by atoms with Crippen LogP contribution >= 0.6 is 0 Å². The Hall–Kier alpha value is -2.24. The van der Waals surface area contributed by atoms with Crippen LogP contribution in [0.25, 0.3) is 11.3 Å². The van der Waals surface area contributed by atoms with Crippen LogP contribution in [0.15, 0.2) is 36.5 Å². The van der Waals surface area contributed by atoms with Crippen LogP contribution in [0.2, 0.25) is 0 Å². The Bertz CT molecular complexity index is 673. The third-order valence-electron chi connectivity index (χ3n) is 4.38. The van der Waals surface area contributed by atoms with Gasteiger partial charge in [0.2, 0.25) is 5.95 Å². The Morgan fingerprint density at radius 3 is 2.62 bits per heavy atom. The molecule has 4 nitrogen and oxygen atoms in total. The summed E-state index contributed by atoms with van der Waals surface area (Å²) < 4.78 is 29.7. The van der Waals surface area contributed by atoms with Gasteiger partial charge in [-0.15, -0.1) is 0 Å². The number of ether oxygens (including phenoxy) is 1. The van der Waals surface area contributed by atoms with Gasteiger partial charge in [0.05, 0.1) is 5.69 Å². The van der Waals surface area contributed by atoms with Gasteiger partial charge >= 0.3 is 6.61 Å². The van der Waals surface area contributed by atoms with Crippen molar-refractivity contribution >= 4 is 5.95 Å². The first-order valence-corrected chi connectivity index (χ1v) is 8.25. The number of rotatable bonds is 5. The number of para-hydroxylation sites is 1. The summed E-state index contributed by atoms with van der Waals surface area (Å²) in [5.41, 5.74) is 1.09. The van der Waals surface area contributed by atoms with E-state index < -0.39 is 6.61 Å². The number of alkyl halides is 2. The molecule has 0 bridgehead atoms. The predicted molar refractivity (Wildman–Crippen MR) is 89.1 cm³/mol. The second kappa shape index (κ2) is 7.55. The van der Waals surface area contributed by atoms with Crippen molar-refractivity contribution in [1.29, 1.82) is 0 Å². The van der Waals surface area contributed by atoms with Crippen LogP contribution in [0.5, 0.6) is 5.75 Å². The third kappa shape index (κ3) is 4.19. The van der Waals surface area contributed by atoms with E-state index >= 15 is 0 Å². The lowest BCUT2D eigenvalue weighted by molar-refractivity contribution is -0.0494. The first kappa shape index (κ1) is 16.6. The largest absolute Gasteiger partial charge is 0.434 e. The molecule has 1 fully saturated rings. The van der Waals surface area contributed by atoms with Crippen molar-refractivity contribution < 1.29 is 13.5 Å². The molecule has 1 aliphatic carbocycles. The second-order valence-electron chi connectivity index (χ2n) is 6.24. The van der Waals surface area contributed by atoms with Gasteiger partial charge in [0.25, 0.3) is 0 Å². The number of hydrogen-bond acceptors (Lipinski definition) is 4. The van der Waals surface area contributed by atoms with Crippen LogP contribution in [0.1, 0.15) is 32.6 Å². The Morgan fingerprint density at radius 2 is 1.88 bits per heavy atom. The molecule has 0 saturated heterocycles. The van der Waals surface area contributed by atoms with E-state index in [1.165, 1.54) is 18.9 Å². The molecule has 128 valence electrons. The molecule has 2 aromatic rings. The number of nitrogens with zero attached hydrogens (tertiary/aromatic N) is 2. The van der Waals surface area contributed by atoms with Crippen LogP contribution in [0, 0.1) is 5.92 Å². The van der Waals surface area contributed by atoms with E-state index in [4.69, 9.17) is 0 Å². The molecule has 3 rings (SSSR count). The van der Waals surface area contributed by atoms with Crippen LogP contribution < -0.4 is 10.1 Å². The van der Waals surface area contributed by atoms with Crippen molar-refractivity contribution in [2.24, 2.45) is 5.92 Å². The summed E-state index contributed by atoms with van der Waals surface area (Å²) in [5.74, 6) is 1.41. The standard InChI is InChI=1S/C18H21F2N3O/c1-12-6-8-13(9-7-12)22-18-21-11-10-15(23-18)14-4-2-3-5-16(14)24-17(19)20/h2-5,10-13,17H,6-9H2,1H3,(H,21,22,23). The quantitative estimate of drug-likeness (QED) is 0.859. The highest BCUT2D eigenvalue weighted by molar-refractivity contribution is 5.67. The molecule has 0 atom stereocenters. The maximum atomic E-state index is 12.6. The number of anilines is 1. The molecule has 0 amide bonds. The average molecular weight is 333 g/mol. The van der Waals surface area contributed by atoms with Crippen molar-refractivity contribution in [2.75, 3.05) is 5.32 Å². The van der Waals surface area contributed by atoms with Gasteiger partial charge in [-0.2, -0.15) is 8.78 Å². The lowest BCUT2D eigenvalue weighted by Gasteiger charge is -2.26. The number of benzene rings is 1. The highest BCUT2D eigenvalue weighted by Gasteiger charge is 2.19. The highest BCUT2D eigenvalue weighted by atomic mass is 19.3. The van der Waals surface area contributed by atoms with E-state index in [-0.39, 0.29) is 5.75 Å². The van der Waals surface area contributed by atoms with Crippen molar-refractivity contribution in [1.82, 2.24) is 9.97 Å². The fourth-order valence-corrected chi connectivity index (χ4v) is 3.04. The third-order valence-corrected chi connectivity index (χ3v) is 4.38. The molecule has 1 aromatic heterocycles. The molecule has 1 heterocycles. The zero-order valence-electron chi connectivity index (χ0n) is 13.6. The Kier molecular flexibility index (Phi) is 5.23. The maximum absolute atomic E-state index is 12.6. The van der Waals surface area contributed by atoms with Gasteiger partial charge in [0.1, 0.15) is 5.75 Å². The summed E-state index contributed by atoms with van der Waals surface area (Å²) in [6, 6.07) is 8.72. The molecule has 0 unspecified atom stereocenters. The van der Waals surface area contributed by atoms with Gasteiger partial charge in [0, 0.05) is 17.8 Å². The van der Waals surface area contributed by atoms with E-state index in [1.54, 1.807) is 30.5 Å². The van der Waals surface area contributed by atoms with Gasteiger partial charge in [-0.3, -0.25) is 0 Å². The van der Waals surface area contributed by atoms with Gasteiger partial charge < -0.3 is 10.1 Å². The normalized spacial score (nSPS) is 20.8. The maximum Gasteiger partial charge on any atom is 0.387 e. The van der Waals surface area contributed by atoms with Gasteiger partial charge in [0.15, 0.2) is 0 Å². The lowest BCUT2D eigenvalue weighted by Crippen LogP contribution is -2.26. The van der Waals surface area contributed by atoms with Crippen LogP contribution in [0.4, 0.5) is 14.7 Å². The van der Waals surface area contributed by atoms with Crippen molar-refractivity contribution in [2.45, 2.75) is 45.3 Å². The van der Waals surface area contributed by atoms with Gasteiger partial charge in [-0.1, -0.05) is 19.1 Å². The summed E-state index contributed by atoms with van der Waals surface area (Å²) >= 11 is 0. The summed E-state index contributed by atoms with van der Waals surface area (Å²) in [7, 11) is 0. The molecule has 6 heteroatoms. The van der Waals surface area contributed by atoms with E-state index in [1.807, 2.05) is 0 Å². The summed E-state index contributed by atoms with van der Waals surface area (Å²) in [5, 5.41) is 3.36. The van der Waals surface area contributed by atoms with E-state index in [2.05, 4.69) is 26.9 Å². The molecular formula is C18H21F2N3O. The molecule has 0 spiro atoms. The molecule has 1 saturated carbocycles. The van der Waals surface area contributed by atoms with E-state index in [9.17, 15) is 8.78 Å². The topological polar surface area (TPSA) is 47.0 Å². The Balaban J connectivity index is 1.78. The van der Waals surface area contributed by atoms with Crippen molar-refractivity contribution in [3.8, 4) is 17.0 Å².